The Bertz CT molecular complexity index is 2800. The molecule has 0 nitrogen and oxygen atoms in total. The van der Waals surface area contributed by atoms with Gasteiger partial charge in [-0.05, 0) is 205 Å². The van der Waals surface area contributed by atoms with Crippen LogP contribution in [0.5, 0.6) is 0 Å². The second kappa shape index (κ2) is 41.3. The third kappa shape index (κ3) is 30.2. The van der Waals surface area contributed by atoms with Crippen LogP contribution in [0.1, 0.15) is 230 Å². The molecule has 86 heavy (non-hydrogen) atoms. The second-order valence-electron chi connectivity index (χ2n) is 26.0. The van der Waals surface area contributed by atoms with Crippen molar-refractivity contribution in [2.24, 2.45) is 41.4 Å². The third-order valence-electron chi connectivity index (χ3n) is 16.3. The maximum atomic E-state index is 13.4. The van der Waals surface area contributed by atoms with Gasteiger partial charge >= 0.3 is 0 Å². The van der Waals surface area contributed by atoms with Crippen LogP contribution in [0.4, 0.5) is 26.3 Å². The van der Waals surface area contributed by atoms with Crippen LogP contribution in [0, 0.1) is 97.1 Å². The Morgan fingerprint density at radius 1 is 0.291 bits per heavy atom. The summed E-state index contributed by atoms with van der Waals surface area (Å²) in [5.74, 6) is 4.33. The van der Waals surface area contributed by atoms with Crippen molar-refractivity contribution in [2.75, 3.05) is 0 Å². The lowest BCUT2D eigenvalue weighted by Crippen LogP contribution is -2.07. The molecule has 6 heteroatoms. The summed E-state index contributed by atoms with van der Waals surface area (Å²) in [6, 6.07) is 49.5. The first-order valence-electron chi connectivity index (χ1n) is 31.9. The molecule has 5 unspecified atom stereocenters. The van der Waals surface area contributed by atoms with Crippen LogP contribution in [-0.2, 0) is 12.8 Å². The molecule has 0 saturated heterocycles. The SMILES string of the molecule is CC(C)C(C)c1ccc(F)cc1.CC(C)C(C)c1ccccc1.CC(C)Cc1ccccc1.CCC(c1cc(F)c(C)c(F)c1)C(C)C.CCC(c1ccc(F)cc1)C(C)C.Cc1c(F)cc(C(C)C(C)C)cc1F.Cc1ccc(CC(C)C)cc1. The van der Waals surface area contributed by atoms with Gasteiger partial charge in [-0.1, -0.05) is 246 Å². The summed E-state index contributed by atoms with van der Waals surface area (Å²) in [5, 5.41) is 0. The number of rotatable bonds is 16. The molecule has 5 atom stereocenters. The van der Waals surface area contributed by atoms with Crippen LogP contribution >= 0.6 is 0 Å². The van der Waals surface area contributed by atoms with E-state index in [1.165, 1.54) is 96.5 Å². The smallest absolute Gasteiger partial charge is 0.129 e. The highest BCUT2D eigenvalue weighted by atomic mass is 19.2. The number of benzene rings is 7. The Hall–Kier alpha value is -5.88. The third-order valence-corrected chi connectivity index (χ3v) is 16.3. The van der Waals surface area contributed by atoms with E-state index in [0.29, 0.717) is 41.4 Å². The Balaban J connectivity index is 0.000000503. The fourth-order valence-electron chi connectivity index (χ4n) is 9.66. The van der Waals surface area contributed by atoms with Gasteiger partial charge in [-0.2, -0.15) is 0 Å². The molecule has 7 aromatic carbocycles. The normalized spacial score (nSPS) is 12.6. The lowest BCUT2D eigenvalue weighted by molar-refractivity contribution is 0.475. The molecule has 0 heterocycles. The van der Waals surface area contributed by atoms with E-state index in [0.717, 1.165) is 41.7 Å². The van der Waals surface area contributed by atoms with Gasteiger partial charge < -0.3 is 0 Å². The first-order valence-corrected chi connectivity index (χ1v) is 31.9. The highest BCUT2D eigenvalue weighted by Crippen LogP contribution is 2.31. The molecule has 0 aliphatic heterocycles. The minimum absolute atomic E-state index is 0.102. The zero-order valence-electron chi connectivity index (χ0n) is 57.0. The van der Waals surface area contributed by atoms with E-state index in [4.69, 9.17) is 0 Å². The average molecular weight is 1190 g/mol. The van der Waals surface area contributed by atoms with Crippen molar-refractivity contribution in [3.8, 4) is 0 Å². The van der Waals surface area contributed by atoms with Crippen molar-refractivity contribution >= 4 is 0 Å². The van der Waals surface area contributed by atoms with Gasteiger partial charge in [0.1, 0.15) is 34.9 Å². The van der Waals surface area contributed by atoms with Crippen molar-refractivity contribution in [1.29, 1.82) is 0 Å². The summed E-state index contributed by atoms with van der Waals surface area (Å²) in [6.45, 7) is 46.2. The van der Waals surface area contributed by atoms with Crippen LogP contribution in [-0.4, -0.2) is 0 Å². The molecule has 7 rings (SSSR count). The lowest BCUT2D eigenvalue weighted by Gasteiger charge is -2.20. The molecular weight excluding hydrogens is 1070 g/mol. The van der Waals surface area contributed by atoms with E-state index in [-0.39, 0.29) is 34.6 Å². The molecular formula is C80H112F6. The minimum Gasteiger partial charge on any atom is -0.207 e. The van der Waals surface area contributed by atoms with E-state index in [2.05, 4.69) is 196 Å². The highest BCUT2D eigenvalue weighted by molar-refractivity contribution is 5.30. The van der Waals surface area contributed by atoms with Crippen molar-refractivity contribution < 1.29 is 26.3 Å². The molecule has 0 amide bonds. The summed E-state index contributed by atoms with van der Waals surface area (Å²) in [4.78, 5) is 0. The maximum Gasteiger partial charge on any atom is 0.129 e. The van der Waals surface area contributed by atoms with Crippen molar-refractivity contribution in [3.05, 3.63) is 248 Å². The molecule has 0 aromatic heterocycles. The van der Waals surface area contributed by atoms with Gasteiger partial charge in [-0.15, -0.1) is 0 Å². The van der Waals surface area contributed by atoms with E-state index in [1.54, 1.807) is 12.1 Å². The van der Waals surface area contributed by atoms with Gasteiger partial charge in [0.2, 0.25) is 0 Å². The van der Waals surface area contributed by atoms with Gasteiger partial charge in [0.25, 0.3) is 0 Å². The van der Waals surface area contributed by atoms with Crippen LogP contribution < -0.4 is 0 Å². The van der Waals surface area contributed by atoms with E-state index < -0.39 is 23.3 Å². The van der Waals surface area contributed by atoms with E-state index in [9.17, 15) is 26.3 Å². The molecule has 474 valence electrons. The van der Waals surface area contributed by atoms with E-state index >= 15 is 0 Å². The topological polar surface area (TPSA) is 0 Å². The molecule has 0 radical (unpaired) electrons. The van der Waals surface area contributed by atoms with Crippen molar-refractivity contribution in [1.82, 2.24) is 0 Å². The number of aryl methyl sites for hydroxylation is 1. The molecule has 0 aliphatic rings. The second-order valence-corrected chi connectivity index (χ2v) is 26.0. The summed E-state index contributed by atoms with van der Waals surface area (Å²) in [5.41, 5.74) is 9.86. The molecule has 0 spiro atoms. The van der Waals surface area contributed by atoms with Crippen LogP contribution in [0.25, 0.3) is 0 Å². The zero-order valence-corrected chi connectivity index (χ0v) is 57.0. The van der Waals surface area contributed by atoms with Gasteiger partial charge in [0.05, 0.1) is 0 Å². The predicted molar refractivity (Wildman–Crippen MR) is 362 cm³/mol. The summed E-state index contributed by atoms with van der Waals surface area (Å²) in [6.07, 6.45) is 4.41. The quantitative estimate of drug-likeness (QED) is 0.0846. The van der Waals surface area contributed by atoms with Gasteiger partial charge in [-0.3, -0.25) is 0 Å². The number of hydrogen-bond acceptors (Lipinski definition) is 0. The highest BCUT2D eigenvalue weighted by Gasteiger charge is 2.18. The molecule has 0 bridgehead atoms. The van der Waals surface area contributed by atoms with E-state index in [1.807, 2.05) is 52.0 Å². The Labute approximate surface area is 521 Å². The van der Waals surface area contributed by atoms with Crippen molar-refractivity contribution in [2.45, 2.75) is 208 Å². The summed E-state index contributed by atoms with van der Waals surface area (Å²) in [7, 11) is 0. The lowest BCUT2D eigenvalue weighted by atomic mass is 9.86. The Morgan fingerprint density at radius 2 is 0.581 bits per heavy atom. The molecule has 0 fully saturated rings. The maximum absolute atomic E-state index is 13.4. The summed E-state index contributed by atoms with van der Waals surface area (Å²) < 4.78 is 78.4. The summed E-state index contributed by atoms with van der Waals surface area (Å²) >= 11 is 0. The largest absolute Gasteiger partial charge is 0.207 e. The van der Waals surface area contributed by atoms with Gasteiger partial charge in [0.15, 0.2) is 0 Å². The molecule has 0 aliphatic carbocycles. The zero-order chi connectivity index (χ0) is 65.4. The Morgan fingerprint density at radius 3 is 0.907 bits per heavy atom. The average Bonchev–Trinajstić information content (AvgIpc) is 3.64. The fourth-order valence-corrected chi connectivity index (χ4v) is 9.66. The minimum atomic E-state index is -0.451. The van der Waals surface area contributed by atoms with Crippen LogP contribution in [0.3, 0.4) is 0 Å². The number of halogens is 6. The predicted octanol–water partition coefficient (Wildman–Crippen LogP) is 25.5. The molecule has 7 aromatic rings. The molecule has 0 saturated carbocycles. The monoisotopic (exact) mass is 1190 g/mol. The first-order chi connectivity index (χ1) is 40.3. The molecule has 0 N–H and O–H groups in total. The Kier molecular flexibility index (Phi) is 37.5. The van der Waals surface area contributed by atoms with Crippen LogP contribution in [0.15, 0.2) is 158 Å². The van der Waals surface area contributed by atoms with Gasteiger partial charge in [0, 0.05) is 11.1 Å². The van der Waals surface area contributed by atoms with Gasteiger partial charge in [-0.25, -0.2) is 26.3 Å². The van der Waals surface area contributed by atoms with Crippen molar-refractivity contribution in [3.63, 3.8) is 0 Å². The fraction of sp³-hybridized carbons (Fsp3) is 0.475. The van der Waals surface area contributed by atoms with Crippen LogP contribution in [0.2, 0.25) is 0 Å². The standard InChI is InChI=1S/C13H18F2.C12H16F2.C12H17F.C11H15F.2C11H16.C10H14/c1-5-11(8(2)3)10-6-12(14)9(4)13(15)7-10;1-7(2)8(3)10-5-11(13)9(4)12(14)6-10;1-4-12(9(2)3)10-5-7-11(13)8-6-10;1-8(2)9(3)10-4-6-11(12)7-5-10;1-9(2)8-11-6-4-10(3)5-7-11;1-9(2)10(3)11-7-5-4-6-8-11;1-9(2)8-10-6-4-3-5-7-10/h6-8,11H,5H2,1-4H3;5-8H,1-4H3;5-9,12H,4H2,1-3H3;4-9H,1-3H3;4-7,9H,8H2,1-3H3;4-10H,1-3H3;3-7,9H,8H2,1-2H3. The number of hydrogen-bond donors (Lipinski definition) is 0. The first kappa shape index (κ1) is 78.1.